The number of nitrogens with one attached hydrogen (secondary N) is 3. The molecule has 0 bridgehead atoms. The predicted molar refractivity (Wildman–Crippen MR) is 102 cm³/mol. The summed E-state index contributed by atoms with van der Waals surface area (Å²) < 4.78 is 0. The van der Waals surface area contributed by atoms with E-state index in [1.54, 1.807) is 12.3 Å². The summed E-state index contributed by atoms with van der Waals surface area (Å²) in [5.41, 5.74) is 3.00. The predicted octanol–water partition coefficient (Wildman–Crippen LogP) is 3.13. The zero-order valence-corrected chi connectivity index (χ0v) is 14.9. The molecule has 0 radical (unpaired) electrons. The Morgan fingerprint density at radius 1 is 1.15 bits per heavy atom. The van der Waals surface area contributed by atoms with E-state index in [-0.39, 0.29) is 17.7 Å². The third kappa shape index (κ3) is 4.27. The second kappa shape index (κ2) is 7.82. The smallest absolute Gasteiger partial charge is 0.267 e. The number of benzene rings is 1. The SMILES string of the molecule is CC(C)C(=O)Nc1ccc2[nH]c(C(=O)NCCc3ccccn3)cc2c1. The highest BCUT2D eigenvalue weighted by atomic mass is 16.2. The molecule has 0 aliphatic heterocycles. The van der Waals surface area contributed by atoms with Gasteiger partial charge < -0.3 is 15.6 Å². The Morgan fingerprint density at radius 3 is 2.73 bits per heavy atom. The van der Waals surface area contributed by atoms with Crippen LogP contribution in [0.3, 0.4) is 0 Å². The van der Waals surface area contributed by atoms with Gasteiger partial charge in [0.15, 0.2) is 0 Å². The average Bonchev–Trinajstić information content (AvgIpc) is 3.06. The van der Waals surface area contributed by atoms with E-state index in [9.17, 15) is 9.59 Å². The van der Waals surface area contributed by atoms with Gasteiger partial charge in [-0.25, -0.2) is 0 Å². The van der Waals surface area contributed by atoms with Gasteiger partial charge in [0, 0.05) is 47.4 Å². The summed E-state index contributed by atoms with van der Waals surface area (Å²) in [4.78, 5) is 31.5. The summed E-state index contributed by atoms with van der Waals surface area (Å²) in [6.45, 7) is 4.20. The molecule has 0 saturated heterocycles. The van der Waals surface area contributed by atoms with E-state index in [4.69, 9.17) is 0 Å². The number of carbonyl (C=O) groups is 2. The maximum absolute atomic E-state index is 12.3. The van der Waals surface area contributed by atoms with E-state index in [2.05, 4.69) is 20.6 Å². The molecule has 2 heterocycles. The number of pyridine rings is 1. The van der Waals surface area contributed by atoms with Crippen LogP contribution in [0, 0.1) is 5.92 Å². The number of amides is 2. The number of fused-ring (bicyclic) bond motifs is 1. The Labute approximate surface area is 152 Å². The van der Waals surface area contributed by atoms with Crippen LogP contribution in [-0.4, -0.2) is 28.3 Å². The van der Waals surface area contributed by atoms with Crippen molar-refractivity contribution in [2.75, 3.05) is 11.9 Å². The maximum Gasteiger partial charge on any atom is 0.267 e. The van der Waals surface area contributed by atoms with Gasteiger partial charge in [-0.1, -0.05) is 19.9 Å². The molecule has 3 aromatic rings. The fourth-order valence-electron chi connectivity index (χ4n) is 2.56. The number of carbonyl (C=O) groups excluding carboxylic acids is 2. The molecular weight excluding hydrogens is 328 g/mol. The Kier molecular flexibility index (Phi) is 5.31. The van der Waals surface area contributed by atoms with Crippen LogP contribution in [0.5, 0.6) is 0 Å². The number of H-pyrrole nitrogens is 1. The van der Waals surface area contributed by atoms with Gasteiger partial charge in [-0.3, -0.25) is 14.6 Å². The average molecular weight is 350 g/mol. The van der Waals surface area contributed by atoms with Gasteiger partial charge in [-0.05, 0) is 36.4 Å². The summed E-state index contributed by atoms with van der Waals surface area (Å²) in [5, 5.41) is 6.63. The molecule has 0 fully saturated rings. The van der Waals surface area contributed by atoms with Gasteiger partial charge in [0.05, 0.1) is 0 Å². The van der Waals surface area contributed by atoms with Gasteiger partial charge in [-0.2, -0.15) is 0 Å². The normalized spacial score (nSPS) is 10.9. The third-order valence-corrected chi connectivity index (χ3v) is 4.05. The number of aromatic nitrogens is 2. The number of nitrogens with zero attached hydrogens (tertiary/aromatic N) is 1. The Balaban J connectivity index is 1.64. The fourth-order valence-corrected chi connectivity index (χ4v) is 2.56. The molecule has 134 valence electrons. The lowest BCUT2D eigenvalue weighted by Gasteiger charge is -2.07. The highest BCUT2D eigenvalue weighted by Crippen LogP contribution is 2.20. The lowest BCUT2D eigenvalue weighted by molar-refractivity contribution is -0.118. The molecule has 2 amide bonds. The molecular formula is C20H22N4O2. The minimum absolute atomic E-state index is 0.0348. The monoisotopic (exact) mass is 350 g/mol. The molecule has 3 N–H and O–H groups in total. The Hall–Kier alpha value is -3.15. The number of aromatic amines is 1. The molecule has 1 aromatic carbocycles. The minimum atomic E-state index is -0.162. The first-order valence-electron chi connectivity index (χ1n) is 8.64. The lowest BCUT2D eigenvalue weighted by atomic mass is 10.2. The quantitative estimate of drug-likeness (QED) is 0.638. The zero-order chi connectivity index (χ0) is 18.5. The standard InChI is InChI=1S/C20H22N4O2/c1-13(2)19(25)23-16-6-7-17-14(11-16)12-18(24-17)20(26)22-10-8-15-5-3-4-9-21-15/h3-7,9,11-13,24H,8,10H2,1-2H3,(H,22,26)(H,23,25). The van der Waals surface area contributed by atoms with Gasteiger partial charge in [0.25, 0.3) is 5.91 Å². The van der Waals surface area contributed by atoms with E-state index in [1.165, 1.54) is 0 Å². The van der Waals surface area contributed by atoms with Crippen LogP contribution in [0.25, 0.3) is 10.9 Å². The van der Waals surface area contributed by atoms with Crippen molar-refractivity contribution in [3.8, 4) is 0 Å². The van der Waals surface area contributed by atoms with Crippen LogP contribution in [-0.2, 0) is 11.2 Å². The summed E-state index contributed by atoms with van der Waals surface area (Å²) in [5.74, 6) is -0.283. The number of rotatable bonds is 6. The molecule has 3 rings (SSSR count). The van der Waals surface area contributed by atoms with Crippen molar-refractivity contribution in [2.45, 2.75) is 20.3 Å². The topological polar surface area (TPSA) is 86.9 Å². The molecule has 2 aromatic heterocycles. The minimum Gasteiger partial charge on any atom is -0.351 e. The van der Waals surface area contributed by atoms with E-state index in [1.807, 2.05) is 50.2 Å². The van der Waals surface area contributed by atoms with Crippen LogP contribution >= 0.6 is 0 Å². The largest absolute Gasteiger partial charge is 0.351 e. The number of anilines is 1. The summed E-state index contributed by atoms with van der Waals surface area (Å²) in [6, 6.07) is 13.1. The Morgan fingerprint density at radius 2 is 2.00 bits per heavy atom. The molecule has 0 aliphatic carbocycles. The van der Waals surface area contributed by atoms with Crippen molar-refractivity contribution in [3.63, 3.8) is 0 Å². The molecule has 0 atom stereocenters. The second-order valence-electron chi connectivity index (χ2n) is 6.46. The zero-order valence-electron chi connectivity index (χ0n) is 14.9. The van der Waals surface area contributed by atoms with Crippen molar-refractivity contribution < 1.29 is 9.59 Å². The molecule has 0 spiro atoms. The van der Waals surface area contributed by atoms with Crippen LogP contribution in [0.15, 0.2) is 48.7 Å². The van der Waals surface area contributed by atoms with E-state index < -0.39 is 0 Å². The van der Waals surface area contributed by atoms with Crippen LogP contribution in [0.4, 0.5) is 5.69 Å². The second-order valence-corrected chi connectivity index (χ2v) is 6.46. The maximum atomic E-state index is 12.3. The van der Waals surface area contributed by atoms with E-state index in [0.717, 1.165) is 22.3 Å². The van der Waals surface area contributed by atoms with E-state index in [0.29, 0.717) is 18.7 Å². The van der Waals surface area contributed by atoms with Gasteiger partial charge >= 0.3 is 0 Å². The first-order chi connectivity index (χ1) is 12.5. The lowest BCUT2D eigenvalue weighted by Crippen LogP contribution is -2.26. The highest BCUT2D eigenvalue weighted by molar-refractivity contribution is 6.00. The first-order valence-corrected chi connectivity index (χ1v) is 8.64. The molecule has 6 heteroatoms. The fraction of sp³-hybridized carbons (Fsp3) is 0.250. The van der Waals surface area contributed by atoms with Crippen molar-refractivity contribution in [1.82, 2.24) is 15.3 Å². The van der Waals surface area contributed by atoms with Crippen LogP contribution in [0.1, 0.15) is 30.0 Å². The molecule has 26 heavy (non-hydrogen) atoms. The third-order valence-electron chi connectivity index (χ3n) is 4.05. The summed E-state index contributed by atoms with van der Waals surface area (Å²) in [7, 11) is 0. The van der Waals surface area contributed by atoms with Crippen molar-refractivity contribution in [2.24, 2.45) is 5.92 Å². The summed E-state index contributed by atoms with van der Waals surface area (Å²) in [6.07, 6.45) is 2.42. The van der Waals surface area contributed by atoms with Gasteiger partial charge in [0.2, 0.25) is 5.91 Å². The number of hydrogen-bond acceptors (Lipinski definition) is 3. The van der Waals surface area contributed by atoms with Crippen molar-refractivity contribution >= 4 is 28.4 Å². The molecule has 6 nitrogen and oxygen atoms in total. The van der Waals surface area contributed by atoms with Gasteiger partial charge in [0.1, 0.15) is 5.69 Å². The van der Waals surface area contributed by atoms with Crippen molar-refractivity contribution in [1.29, 1.82) is 0 Å². The summed E-state index contributed by atoms with van der Waals surface area (Å²) >= 11 is 0. The van der Waals surface area contributed by atoms with Crippen LogP contribution in [0.2, 0.25) is 0 Å². The molecule has 0 aliphatic rings. The molecule has 0 unspecified atom stereocenters. The van der Waals surface area contributed by atoms with Gasteiger partial charge in [-0.15, -0.1) is 0 Å². The first kappa shape index (κ1) is 17.7. The van der Waals surface area contributed by atoms with Crippen LogP contribution < -0.4 is 10.6 Å². The molecule has 0 saturated carbocycles. The Bertz CT molecular complexity index is 916. The van der Waals surface area contributed by atoms with Crippen molar-refractivity contribution in [3.05, 3.63) is 60.0 Å². The number of hydrogen-bond donors (Lipinski definition) is 3. The highest BCUT2D eigenvalue weighted by Gasteiger charge is 2.11. The van der Waals surface area contributed by atoms with E-state index >= 15 is 0 Å².